The second-order valence-corrected chi connectivity index (χ2v) is 4.84. The van der Waals surface area contributed by atoms with Crippen molar-refractivity contribution in [2.45, 2.75) is 33.2 Å². The van der Waals surface area contributed by atoms with E-state index in [4.69, 9.17) is 10.2 Å². The number of rotatable bonds is 5. The summed E-state index contributed by atoms with van der Waals surface area (Å²) in [6.07, 6.45) is 4.55. The lowest BCUT2D eigenvalue weighted by molar-refractivity contribution is 0.444. The monoisotopic (exact) mass is 259 g/mol. The number of pyridine rings is 1. The predicted octanol–water partition coefficient (Wildman–Crippen LogP) is 2.96. The maximum absolute atomic E-state index is 6.03. The molecule has 0 aliphatic carbocycles. The summed E-state index contributed by atoms with van der Waals surface area (Å²) in [7, 11) is 0. The van der Waals surface area contributed by atoms with Gasteiger partial charge in [-0.25, -0.2) is 4.98 Å². The van der Waals surface area contributed by atoms with Crippen molar-refractivity contribution in [1.82, 2.24) is 10.3 Å². The molecule has 0 spiro atoms. The Morgan fingerprint density at radius 2 is 2.21 bits per heavy atom. The van der Waals surface area contributed by atoms with Crippen molar-refractivity contribution in [2.75, 3.05) is 12.3 Å². The molecule has 1 unspecified atom stereocenters. The Labute approximate surface area is 114 Å². The van der Waals surface area contributed by atoms with Crippen molar-refractivity contribution < 1.29 is 4.42 Å². The molecule has 0 saturated carbocycles. The van der Waals surface area contributed by atoms with Gasteiger partial charge in [-0.1, -0.05) is 6.92 Å². The number of nitrogens with one attached hydrogen (secondary N) is 1. The minimum Gasteiger partial charge on any atom is -0.467 e. The van der Waals surface area contributed by atoms with E-state index in [1.807, 2.05) is 19.9 Å². The molecule has 2 heterocycles. The Kier molecular flexibility index (Phi) is 4.22. The molecule has 0 fully saturated rings. The third-order valence-electron chi connectivity index (χ3n) is 3.16. The van der Waals surface area contributed by atoms with Crippen LogP contribution in [0.5, 0.6) is 0 Å². The third-order valence-corrected chi connectivity index (χ3v) is 3.16. The van der Waals surface area contributed by atoms with Gasteiger partial charge in [0.25, 0.3) is 0 Å². The molecule has 0 bridgehead atoms. The molecular weight excluding hydrogens is 238 g/mol. The number of aromatic nitrogens is 1. The molecule has 0 amide bonds. The summed E-state index contributed by atoms with van der Waals surface area (Å²) in [6, 6.07) is 4.00. The van der Waals surface area contributed by atoms with Gasteiger partial charge in [0, 0.05) is 11.8 Å². The van der Waals surface area contributed by atoms with Gasteiger partial charge in [-0.15, -0.1) is 0 Å². The second kappa shape index (κ2) is 5.89. The van der Waals surface area contributed by atoms with Crippen LogP contribution in [0.15, 0.2) is 29.0 Å². The third kappa shape index (κ3) is 2.96. The number of anilines is 1. The average Bonchev–Trinajstić information content (AvgIpc) is 2.80. The van der Waals surface area contributed by atoms with E-state index in [1.165, 1.54) is 0 Å². The second-order valence-electron chi connectivity index (χ2n) is 4.84. The molecule has 102 valence electrons. The number of nitrogens with zero attached hydrogens (tertiary/aromatic N) is 1. The summed E-state index contributed by atoms with van der Waals surface area (Å²) in [5.74, 6) is 1.46. The first-order valence-electron chi connectivity index (χ1n) is 6.63. The molecular formula is C15H21N3O. The number of aryl methyl sites for hydroxylation is 2. The van der Waals surface area contributed by atoms with Gasteiger partial charge in [0.2, 0.25) is 0 Å². The number of nitrogens with two attached hydrogens (primary N) is 1. The highest BCUT2D eigenvalue weighted by molar-refractivity contribution is 5.46. The van der Waals surface area contributed by atoms with E-state index in [-0.39, 0.29) is 6.04 Å². The Bertz CT molecular complexity index is 548. The van der Waals surface area contributed by atoms with Gasteiger partial charge in [0.15, 0.2) is 0 Å². The number of nitrogen functional groups attached to an aromatic ring is 1. The minimum atomic E-state index is -0.0395. The smallest absolute Gasteiger partial charge is 0.128 e. The van der Waals surface area contributed by atoms with Crippen LogP contribution in [0.2, 0.25) is 0 Å². The number of hydrogen-bond acceptors (Lipinski definition) is 4. The first-order chi connectivity index (χ1) is 9.13. The molecule has 0 aliphatic heterocycles. The maximum Gasteiger partial charge on any atom is 0.128 e. The van der Waals surface area contributed by atoms with Crippen LogP contribution < -0.4 is 11.1 Å². The van der Waals surface area contributed by atoms with Crippen molar-refractivity contribution in [3.63, 3.8) is 0 Å². The molecule has 0 radical (unpaired) electrons. The van der Waals surface area contributed by atoms with E-state index in [0.29, 0.717) is 5.82 Å². The molecule has 3 N–H and O–H groups in total. The van der Waals surface area contributed by atoms with Crippen molar-refractivity contribution in [2.24, 2.45) is 0 Å². The topological polar surface area (TPSA) is 64.1 Å². The van der Waals surface area contributed by atoms with Crippen molar-refractivity contribution in [1.29, 1.82) is 0 Å². The average molecular weight is 259 g/mol. The summed E-state index contributed by atoms with van der Waals surface area (Å²) in [5, 5.41) is 3.48. The van der Waals surface area contributed by atoms with E-state index in [9.17, 15) is 0 Å². The zero-order valence-corrected chi connectivity index (χ0v) is 11.7. The molecule has 2 rings (SSSR count). The molecule has 0 saturated heterocycles. The SMILES string of the molecule is CCCNC(c1cc(C)cnc1N)c1occc1C. The fraction of sp³-hybridized carbons (Fsp3) is 0.400. The van der Waals surface area contributed by atoms with Gasteiger partial charge in [-0.3, -0.25) is 0 Å². The Morgan fingerprint density at radius 1 is 1.42 bits per heavy atom. The summed E-state index contributed by atoms with van der Waals surface area (Å²) >= 11 is 0. The molecule has 2 aromatic rings. The maximum atomic E-state index is 6.03. The Balaban J connectivity index is 2.42. The molecule has 0 aliphatic rings. The van der Waals surface area contributed by atoms with Crippen LogP contribution in [-0.4, -0.2) is 11.5 Å². The lowest BCUT2D eigenvalue weighted by atomic mass is 10.0. The molecule has 4 heteroatoms. The van der Waals surface area contributed by atoms with E-state index in [0.717, 1.165) is 35.4 Å². The zero-order chi connectivity index (χ0) is 13.8. The van der Waals surface area contributed by atoms with Gasteiger partial charge < -0.3 is 15.5 Å². The summed E-state index contributed by atoms with van der Waals surface area (Å²) in [4.78, 5) is 4.24. The van der Waals surface area contributed by atoms with Gasteiger partial charge in [0.05, 0.1) is 12.3 Å². The van der Waals surface area contributed by atoms with Crippen LogP contribution in [0.1, 0.15) is 41.8 Å². The van der Waals surface area contributed by atoms with Gasteiger partial charge in [-0.05, 0) is 50.1 Å². The largest absolute Gasteiger partial charge is 0.467 e. The van der Waals surface area contributed by atoms with Crippen LogP contribution in [0.25, 0.3) is 0 Å². The molecule has 1 atom stereocenters. The van der Waals surface area contributed by atoms with Gasteiger partial charge in [0.1, 0.15) is 11.6 Å². The Morgan fingerprint density at radius 3 is 2.84 bits per heavy atom. The molecule has 19 heavy (non-hydrogen) atoms. The van der Waals surface area contributed by atoms with E-state index in [2.05, 4.69) is 23.3 Å². The first-order valence-corrected chi connectivity index (χ1v) is 6.63. The highest BCUT2D eigenvalue weighted by Crippen LogP contribution is 2.29. The fourth-order valence-electron chi connectivity index (χ4n) is 2.15. The van der Waals surface area contributed by atoms with Crippen molar-refractivity contribution >= 4 is 5.82 Å². The van der Waals surface area contributed by atoms with Crippen LogP contribution in [-0.2, 0) is 0 Å². The quantitative estimate of drug-likeness (QED) is 0.866. The normalized spacial score (nSPS) is 12.6. The van der Waals surface area contributed by atoms with Gasteiger partial charge >= 0.3 is 0 Å². The molecule has 2 aromatic heterocycles. The van der Waals surface area contributed by atoms with Gasteiger partial charge in [-0.2, -0.15) is 0 Å². The predicted molar refractivity (Wildman–Crippen MR) is 77.0 cm³/mol. The molecule has 4 nitrogen and oxygen atoms in total. The first kappa shape index (κ1) is 13.6. The van der Waals surface area contributed by atoms with E-state index in [1.54, 1.807) is 12.5 Å². The zero-order valence-electron chi connectivity index (χ0n) is 11.7. The standard InChI is InChI=1S/C15H21N3O/c1-4-6-17-13(14-11(3)5-7-19-14)12-8-10(2)9-18-15(12)16/h5,7-9,13,17H,4,6H2,1-3H3,(H2,16,18). The summed E-state index contributed by atoms with van der Waals surface area (Å²) in [5.41, 5.74) is 9.22. The van der Waals surface area contributed by atoms with Crippen LogP contribution in [0.4, 0.5) is 5.82 Å². The lowest BCUT2D eigenvalue weighted by Gasteiger charge is -2.19. The fourth-order valence-corrected chi connectivity index (χ4v) is 2.15. The van der Waals surface area contributed by atoms with E-state index >= 15 is 0 Å². The number of hydrogen-bond donors (Lipinski definition) is 2. The summed E-state index contributed by atoms with van der Waals surface area (Å²) in [6.45, 7) is 7.09. The Hall–Kier alpha value is -1.81. The molecule has 0 aromatic carbocycles. The number of furan rings is 1. The van der Waals surface area contributed by atoms with E-state index < -0.39 is 0 Å². The van der Waals surface area contributed by atoms with Crippen molar-refractivity contribution in [3.05, 3.63) is 47.0 Å². The summed E-state index contributed by atoms with van der Waals surface area (Å²) < 4.78 is 5.63. The highest BCUT2D eigenvalue weighted by atomic mass is 16.3. The van der Waals surface area contributed by atoms with Crippen LogP contribution in [0, 0.1) is 13.8 Å². The minimum absolute atomic E-state index is 0.0395. The van der Waals surface area contributed by atoms with Crippen LogP contribution in [0.3, 0.4) is 0 Å². The van der Waals surface area contributed by atoms with Crippen molar-refractivity contribution in [3.8, 4) is 0 Å². The lowest BCUT2D eigenvalue weighted by Crippen LogP contribution is -2.24. The highest BCUT2D eigenvalue weighted by Gasteiger charge is 2.21. The van der Waals surface area contributed by atoms with Crippen LogP contribution >= 0.6 is 0 Å².